The Morgan fingerprint density at radius 3 is 1.57 bits per heavy atom. The molecule has 0 unspecified atom stereocenters. The van der Waals surface area contributed by atoms with Crippen molar-refractivity contribution in [2.24, 2.45) is 0 Å². The molecule has 0 radical (unpaired) electrons. The van der Waals surface area contributed by atoms with E-state index in [1.54, 1.807) is 18.6 Å². The topological polar surface area (TPSA) is 139 Å². The van der Waals surface area contributed by atoms with E-state index in [0.29, 0.717) is 5.69 Å². The molecule has 4 aromatic heterocycles. The van der Waals surface area contributed by atoms with E-state index in [-0.39, 0.29) is 22.3 Å². The summed E-state index contributed by atoms with van der Waals surface area (Å²) in [5.41, 5.74) is 6.10. The molecule has 0 bridgehead atoms. The summed E-state index contributed by atoms with van der Waals surface area (Å²) in [7, 11) is 0. The number of aromatic amines is 4. The molecule has 0 aliphatic carbocycles. The highest BCUT2D eigenvalue weighted by atomic mass is 15.1. The van der Waals surface area contributed by atoms with Gasteiger partial charge in [-0.3, -0.25) is 20.4 Å². The summed E-state index contributed by atoms with van der Waals surface area (Å²) >= 11 is 0. The van der Waals surface area contributed by atoms with Gasteiger partial charge >= 0.3 is 0 Å². The molecule has 4 rings (SSSR count). The molecule has 4 heterocycles. The molecular weight excluding hydrogens is 378 g/mol. The van der Waals surface area contributed by atoms with Crippen LogP contribution in [-0.2, 0) is 0 Å². The van der Waals surface area contributed by atoms with Crippen LogP contribution in [0.4, 0.5) is 0 Å². The van der Waals surface area contributed by atoms with Crippen molar-refractivity contribution in [1.82, 2.24) is 40.8 Å². The van der Waals surface area contributed by atoms with Crippen molar-refractivity contribution in [3.63, 3.8) is 0 Å². The Balaban J connectivity index is -0.000000315. The molecule has 0 aliphatic rings. The minimum Gasteiger partial charge on any atom is -0.285 e. The van der Waals surface area contributed by atoms with Gasteiger partial charge in [-0.2, -0.15) is 25.7 Å². The van der Waals surface area contributed by atoms with E-state index in [1.165, 1.54) is 11.1 Å². The monoisotopic (exact) mass is 415 g/mol. The van der Waals surface area contributed by atoms with Gasteiger partial charge in [0.05, 0.1) is 18.6 Å². The summed E-state index contributed by atoms with van der Waals surface area (Å²) in [6, 6.07) is 3.87. The Hall–Kier alpha value is -3.67. The number of aromatic nitrogens is 8. The number of hydrogen-bond donors (Lipinski definition) is 4. The molecule has 4 aromatic rings. The maximum atomic E-state index is 8.29. The average molecular weight is 416 g/mol. The Morgan fingerprint density at radius 2 is 1.40 bits per heavy atom. The van der Waals surface area contributed by atoms with E-state index in [2.05, 4.69) is 40.8 Å². The van der Waals surface area contributed by atoms with E-state index in [4.69, 9.17) is 5.26 Å². The summed E-state index contributed by atoms with van der Waals surface area (Å²) in [5, 5.41) is 33.9. The summed E-state index contributed by atoms with van der Waals surface area (Å²) in [5.74, 6) is 0. The molecule has 0 aliphatic heterocycles. The minimum atomic E-state index is 0. The lowest BCUT2D eigenvalue weighted by atomic mass is 10.3. The van der Waals surface area contributed by atoms with Crippen LogP contribution in [0.5, 0.6) is 0 Å². The van der Waals surface area contributed by atoms with E-state index in [9.17, 15) is 0 Å². The average Bonchev–Trinajstić information content (AvgIpc) is 3.43. The molecule has 9 heteroatoms. The van der Waals surface area contributed by atoms with Gasteiger partial charge in [0.1, 0.15) is 11.8 Å². The largest absolute Gasteiger partial charge is 0.285 e. The fraction of sp³-hybridized carbons (Fsp3) is 0.381. The fourth-order valence-electron chi connectivity index (χ4n) is 1.51. The van der Waals surface area contributed by atoms with Crippen molar-refractivity contribution in [3.05, 3.63) is 70.8 Å². The van der Waals surface area contributed by atoms with Crippen LogP contribution in [0.3, 0.4) is 0 Å². The van der Waals surface area contributed by atoms with Gasteiger partial charge in [0.15, 0.2) is 0 Å². The van der Waals surface area contributed by atoms with Crippen molar-refractivity contribution in [2.75, 3.05) is 0 Å². The molecule has 0 amide bonds. The highest BCUT2D eigenvalue weighted by Gasteiger charge is 1.93. The second-order valence-electron chi connectivity index (χ2n) is 5.73. The minimum absolute atomic E-state index is 0. The van der Waals surface area contributed by atoms with Crippen LogP contribution >= 0.6 is 0 Å². The summed E-state index contributed by atoms with van der Waals surface area (Å²) < 4.78 is 0. The van der Waals surface area contributed by atoms with E-state index >= 15 is 0 Å². The summed E-state index contributed by atoms with van der Waals surface area (Å²) in [6.07, 6.45) is 8.79. The lowest BCUT2D eigenvalue weighted by Gasteiger charge is -1.78. The first kappa shape index (κ1) is 31.0. The fourth-order valence-corrected chi connectivity index (χ4v) is 1.51. The van der Waals surface area contributed by atoms with Crippen molar-refractivity contribution < 1.29 is 0 Å². The standard InChI is InChI=1S/C5H5N3.C5H8N2.2C4H6N2.3CH4/c1-4-3-7-8-5(4)2-6;1-4-3-6-7-5(4)2;1-4-2-5-6-3-4;1-4-2-3-5-6-4;;;/h3H,1H3,(H,7,8);3H,1-2H3,(H,6,7);2*2-3H,1H3,(H,5,6);3*1H4. The van der Waals surface area contributed by atoms with Crippen LogP contribution in [0.2, 0.25) is 0 Å². The molecule has 0 aromatic carbocycles. The summed E-state index contributed by atoms with van der Waals surface area (Å²) in [6.45, 7) is 9.82. The number of hydrogen-bond acceptors (Lipinski definition) is 5. The maximum absolute atomic E-state index is 8.29. The van der Waals surface area contributed by atoms with Gasteiger partial charge in [0.2, 0.25) is 0 Å². The SMILES string of the molecule is C.C.C.Cc1ccn[nH]1.Cc1cn[nH]c1.Cc1cn[nH]c1C.Cc1cn[nH]c1C#N. The first-order chi connectivity index (χ1) is 12.9. The molecule has 9 nitrogen and oxygen atoms in total. The quantitative estimate of drug-likeness (QED) is 0.321. The van der Waals surface area contributed by atoms with E-state index in [0.717, 1.165) is 17.0 Å². The smallest absolute Gasteiger partial charge is 0.138 e. The third-order valence-electron chi connectivity index (χ3n) is 3.30. The zero-order chi connectivity index (χ0) is 20.1. The normalized spacial score (nSPS) is 8.00. The number of rotatable bonds is 0. The third kappa shape index (κ3) is 12.7. The van der Waals surface area contributed by atoms with E-state index in [1.807, 2.05) is 59.1 Å². The molecule has 0 fully saturated rings. The Labute approximate surface area is 180 Å². The predicted molar refractivity (Wildman–Crippen MR) is 123 cm³/mol. The van der Waals surface area contributed by atoms with Gasteiger partial charge < -0.3 is 0 Å². The second-order valence-corrected chi connectivity index (χ2v) is 5.73. The second kappa shape index (κ2) is 17.4. The van der Waals surface area contributed by atoms with Crippen LogP contribution < -0.4 is 0 Å². The first-order valence-corrected chi connectivity index (χ1v) is 8.22. The molecule has 166 valence electrons. The number of nitrogens with zero attached hydrogens (tertiary/aromatic N) is 5. The molecule has 30 heavy (non-hydrogen) atoms. The Kier molecular flexibility index (Phi) is 18.0. The van der Waals surface area contributed by atoms with Gasteiger partial charge in [-0.1, -0.05) is 22.3 Å². The van der Waals surface area contributed by atoms with Crippen LogP contribution in [0, 0.1) is 45.9 Å². The molecule has 4 N–H and O–H groups in total. The third-order valence-corrected chi connectivity index (χ3v) is 3.30. The van der Waals surface area contributed by atoms with Crippen LogP contribution in [-0.4, -0.2) is 40.8 Å². The molecule has 0 saturated heterocycles. The van der Waals surface area contributed by atoms with Crippen LogP contribution in [0.25, 0.3) is 0 Å². The van der Waals surface area contributed by atoms with Gasteiger partial charge in [-0.05, 0) is 51.8 Å². The van der Waals surface area contributed by atoms with Gasteiger partial charge in [-0.25, -0.2) is 0 Å². The van der Waals surface area contributed by atoms with Crippen molar-refractivity contribution >= 4 is 0 Å². The molecule has 0 atom stereocenters. The highest BCUT2D eigenvalue weighted by molar-refractivity contribution is 5.26. The summed E-state index contributed by atoms with van der Waals surface area (Å²) in [4.78, 5) is 0. The number of H-pyrrole nitrogens is 4. The molecular formula is C21H37N9. The van der Waals surface area contributed by atoms with Crippen molar-refractivity contribution in [1.29, 1.82) is 5.26 Å². The van der Waals surface area contributed by atoms with Crippen LogP contribution in [0.1, 0.15) is 56.1 Å². The lowest BCUT2D eigenvalue weighted by molar-refractivity contribution is 1.04. The van der Waals surface area contributed by atoms with Gasteiger partial charge in [0.25, 0.3) is 0 Å². The Morgan fingerprint density at radius 1 is 0.767 bits per heavy atom. The van der Waals surface area contributed by atoms with Gasteiger partial charge in [-0.15, -0.1) is 0 Å². The zero-order valence-electron chi connectivity index (χ0n) is 16.2. The van der Waals surface area contributed by atoms with Crippen molar-refractivity contribution in [2.45, 2.75) is 56.9 Å². The number of aryl methyl sites for hydroxylation is 5. The first-order valence-electron chi connectivity index (χ1n) is 8.22. The highest BCUT2D eigenvalue weighted by Crippen LogP contribution is 1.97. The Bertz CT molecular complexity index is 846. The molecule has 0 spiro atoms. The maximum Gasteiger partial charge on any atom is 0.138 e. The lowest BCUT2D eigenvalue weighted by Crippen LogP contribution is -1.74. The van der Waals surface area contributed by atoms with Crippen molar-refractivity contribution in [3.8, 4) is 6.07 Å². The van der Waals surface area contributed by atoms with E-state index < -0.39 is 0 Å². The molecule has 0 saturated carbocycles. The zero-order valence-corrected chi connectivity index (χ0v) is 16.2. The predicted octanol–water partition coefficient (Wildman–Crippen LogP) is 4.96. The number of nitrogens with one attached hydrogen (secondary N) is 4. The van der Waals surface area contributed by atoms with Gasteiger partial charge in [0, 0.05) is 29.3 Å². The number of nitriles is 1. The van der Waals surface area contributed by atoms with Crippen LogP contribution in [0.15, 0.2) is 37.1 Å².